The molecule has 1 saturated carbocycles. The fourth-order valence-electron chi connectivity index (χ4n) is 2.87. The van der Waals surface area contributed by atoms with Crippen molar-refractivity contribution in [2.45, 2.75) is 38.6 Å². The van der Waals surface area contributed by atoms with Gasteiger partial charge in [0.15, 0.2) is 5.89 Å². The van der Waals surface area contributed by atoms with Crippen LogP contribution in [0.2, 0.25) is 0 Å². The maximum absolute atomic E-state index is 13.0. The van der Waals surface area contributed by atoms with E-state index in [9.17, 15) is 9.59 Å². The molecule has 6 heteroatoms. The van der Waals surface area contributed by atoms with E-state index in [0.717, 1.165) is 12.8 Å². The first-order valence-corrected chi connectivity index (χ1v) is 7.77. The summed E-state index contributed by atoms with van der Waals surface area (Å²) in [5.74, 6) is 0.662. The number of carbonyl (C=O) groups is 2. The van der Waals surface area contributed by atoms with Gasteiger partial charge >= 0.3 is 0 Å². The largest absolute Gasteiger partial charge is 0.435 e. The molecule has 118 valence electrons. The standard InChI is InChI=1S/C17H17N3O3/c1-9-14(23-16(18-9)11-7-8-11)17(22)20-10(2)15(21)19-12-5-3-4-6-13(12)20/h3-6,10-11H,7-8H2,1-2H3,(H,19,21). The van der Waals surface area contributed by atoms with Crippen LogP contribution in [0.1, 0.15) is 47.8 Å². The van der Waals surface area contributed by atoms with Crippen LogP contribution in [-0.4, -0.2) is 22.8 Å². The van der Waals surface area contributed by atoms with Crippen LogP contribution in [0, 0.1) is 6.92 Å². The molecule has 1 aromatic heterocycles. The van der Waals surface area contributed by atoms with Gasteiger partial charge in [0.2, 0.25) is 11.7 Å². The Kier molecular flexibility index (Phi) is 3.01. The summed E-state index contributed by atoms with van der Waals surface area (Å²) < 4.78 is 5.72. The second-order valence-corrected chi connectivity index (χ2v) is 6.10. The third-order valence-electron chi connectivity index (χ3n) is 4.34. The molecule has 1 N–H and O–H groups in total. The highest BCUT2D eigenvalue weighted by atomic mass is 16.4. The lowest BCUT2D eigenvalue weighted by atomic mass is 10.1. The first kappa shape index (κ1) is 14.0. The number of aryl methyl sites for hydroxylation is 1. The van der Waals surface area contributed by atoms with Crippen molar-refractivity contribution >= 4 is 23.2 Å². The zero-order valence-electron chi connectivity index (χ0n) is 13.0. The predicted octanol–water partition coefficient (Wildman–Crippen LogP) is 2.85. The van der Waals surface area contributed by atoms with Crippen LogP contribution in [0.3, 0.4) is 0 Å². The van der Waals surface area contributed by atoms with Gasteiger partial charge in [0.05, 0.1) is 17.1 Å². The minimum Gasteiger partial charge on any atom is -0.435 e. The van der Waals surface area contributed by atoms with Crippen LogP contribution < -0.4 is 10.2 Å². The van der Waals surface area contributed by atoms with Crippen LogP contribution in [-0.2, 0) is 4.79 Å². The van der Waals surface area contributed by atoms with Gasteiger partial charge in [-0.3, -0.25) is 14.5 Å². The second-order valence-electron chi connectivity index (χ2n) is 6.10. The highest BCUT2D eigenvalue weighted by molar-refractivity contribution is 6.15. The van der Waals surface area contributed by atoms with Gasteiger partial charge < -0.3 is 9.73 Å². The molecular weight excluding hydrogens is 294 g/mol. The van der Waals surface area contributed by atoms with Gasteiger partial charge in [0.25, 0.3) is 5.91 Å². The van der Waals surface area contributed by atoms with Crippen molar-refractivity contribution in [1.29, 1.82) is 0 Å². The number of anilines is 2. The number of rotatable bonds is 2. The lowest BCUT2D eigenvalue weighted by Gasteiger charge is -2.33. The van der Waals surface area contributed by atoms with Crippen molar-refractivity contribution in [1.82, 2.24) is 4.98 Å². The Morgan fingerprint density at radius 1 is 1.35 bits per heavy atom. The number of fused-ring (bicyclic) bond motifs is 1. The van der Waals surface area contributed by atoms with Crippen LogP contribution >= 0.6 is 0 Å². The van der Waals surface area contributed by atoms with E-state index in [1.807, 2.05) is 18.2 Å². The summed E-state index contributed by atoms with van der Waals surface area (Å²) in [5.41, 5.74) is 1.88. The first-order chi connectivity index (χ1) is 11.1. The molecule has 2 aliphatic rings. The topological polar surface area (TPSA) is 75.4 Å². The summed E-state index contributed by atoms with van der Waals surface area (Å²) >= 11 is 0. The molecule has 6 nitrogen and oxygen atoms in total. The average molecular weight is 311 g/mol. The smallest absolute Gasteiger partial charge is 0.296 e. The van der Waals surface area contributed by atoms with Gasteiger partial charge in [0.1, 0.15) is 6.04 Å². The second kappa shape index (κ2) is 4.94. The summed E-state index contributed by atoms with van der Waals surface area (Å²) in [7, 11) is 0. The van der Waals surface area contributed by atoms with Gasteiger partial charge in [-0.2, -0.15) is 0 Å². The molecule has 4 rings (SSSR count). The number of para-hydroxylation sites is 2. The zero-order chi connectivity index (χ0) is 16.1. The van der Waals surface area contributed by atoms with Gasteiger partial charge in [-0.1, -0.05) is 12.1 Å². The number of oxazole rings is 1. The van der Waals surface area contributed by atoms with Crippen LogP contribution in [0.5, 0.6) is 0 Å². The van der Waals surface area contributed by atoms with Crippen LogP contribution in [0.15, 0.2) is 28.7 Å². The summed E-state index contributed by atoms with van der Waals surface area (Å²) in [4.78, 5) is 31.0. The zero-order valence-corrected chi connectivity index (χ0v) is 13.0. The van der Waals surface area contributed by atoms with Crippen LogP contribution in [0.4, 0.5) is 11.4 Å². The highest BCUT2D eigenvalue weighted by Gasteiger charge is 2.38. The molecule has 2 amide bonds. The number of amides is 2. The number of hydrogen-bond acceptors (Lipinski definition) is 4. The van der Waals surface area contributed by atoms with E-state index >= 15 is 0 Å². The Labute approximate surface area is 133 Å². The van der Waals surface area contributed by atoms with Crippen molar-refractivity contribution in [2.24, 2.45) is 0 Å². The molecule has 1 aliphatic heterocycles. The number of nitrogens with zero attached hydrogens (tertiary/aromatic N) is 2. The van der Waals surface area contributed by atoms with E-state index in [1.54, 1.807) is 19.9 Å². The van der Waals surface area contributed by atoms with E-state index in [4.69, 9.17) is 4.42 Å². The SMILES string of the molecule is Cc1nc(C2CC2)oc1C(=O)N1c2ccccc2NC(=O)C1C. The molecular formula is C17H17N3O3. The van der Waals surface area contributed by atoms with Gasteiger partial charge in [-0.05, 0) is 38.8 Å². The lowest BCUT2D eigenvalue weighted by Crippen LogP contribution is -2.49. The third-order valence-corrected chi connectivity index (χ3v) is 4.34. The van der Waals surface area contributed by atoms with Crippen LogP contribution in [0.25, 0.3) is 0 Å². The van der Waals surface area contributed by atoms with E-state index < -0.39 is 6.04 Å². The number of nitrogens with one attached hydrogen (secondary N) is 1. The summed E-state index contributed by atoms with van der Waals surface area (Å²) in [6, 6.07) is 6.65. The fourth-order valence-corrected chi connectivity index (χ4v) is 2.87. The summed E-state index contributed by atoms with van der Waals surface area (Å²) in [6.07, 6.45) is 2.11. The molecule has 0 bridgehead atoms. The Morgan fingerprint density at radius 3 is 2.83 bits per heavy atom. The van der Waals surface area contributed by atoms with Gasteiger partial charge in [-0.25, -0.2) is 4.98 Å². The van der Waals surface area contributed by atoms with Gasteiger partial charge in [0, 0.05) is 5.92 Å². The third kappa shape index (κ3) is 2.21. The summed E-state index contributed by atoms with van der Waals surface area (Å²) in [6.45, 7) is 3.47. The molecule has 2 heterocycles. The minimum absolute atomic E-state index is 0.211. The monoisotopic (exact) mass is 311 g/mol. The number of benzene rings is 1. The number of aromatic nitrogens is 1. The number of hydrogen-bond donors (Lipinski definition) is 1. The first-order valence-electron chi connectivity index (χ1n) is 7.77. The van der Waals surface area contributed by atoms with E-state index in [0.29, 0.717) is 28.9 Å². The van der Waals surface area contributed by atoms with E-state index in [1.165, 1.54) is 4.90 Å². The molecule has 0 radical (unpaired) electrons. The van der Waals surface area contributed by atoms with Crippen molar-refractivity contribution < 1.29 is 14.0 Å². The molecule has 1 unspecified atom stereocenters. The minimum atomic E-state index is -0.605. The fraction of sp³-hybridized carbons (Fsp3) is 0.353. The molecule has 1 aliphatic carbocycles. The Balaban J connectivity index is 1.76. The van der Waals surface area contributed by atoms with Crippen molar-refractivity contribution in [3.05, 3.63) is 41.6 Å². The molecule has 0 saturated heterocycles. The van der Waals surface area contributed by atoms with Crippen molar-refractivity contribution in [2.75, 3.05) is 10.2 Å². The Hall–Kier alpha value is -2.63. The maximum Gasteiger partial charge on any atom is 0.296 e. The van der Waals surface area contributed by atoms with Gasteiger partial charge in [-0.15, -0.1) is 0 Å². The molecule has 1 aromatic carbocycles. The average Bonchev–Trinajstić information content (AvgIpc) is 3.31. The molecule has 2 aromatic rings. The quantitative estimate of drug-likeness (QED) is 0.925. The maximum atomic E-state index is 13.0. The van der Waals surface area contributed by atoms with Crippen molar-refractivity contribution in [3.63, 3.8) is 0 Å². The number of carbonyl (C=O) groups excluding carboxylic acids is 2. The normalized spacial score (nSPS) is 20.2. The molecule has 1 atom stereocenters. The van der Waals surface area contributed by atoms with E-state index in [-0.39, 0.29) is 17.6 Å². The predicted molar refractivity (Wildman–Crippen MR) is 84.6 cm³/mol. The highest BCUT2D eigenvalue weighted by Crippen LogP contribution is 2.40. The van der Waals surface area contributed by atoms with Crippen molar-refractivity contribution in [3.8, 4) is 0 Å². The van der Waals surface area contributed by atoms with E-state index in [2.05, 4.69) is 10.3 Å². The molecule has 1 fully saturated rings. The lowest BCUT2D eigenvalue weighted by molar-refractivity contribution is -0.117. The Bertz CT molecular complexity index is 807. The molecule has 23 heavy (non-hydrogen) atoms. The molecule has 0 spiro atoms. The Morgan fingerprint density at radius 2 is 2.09 bits per heavy atom. The summed E-state index contributed by atoms with van der Waals surface area (Å²) in [5, 5.41) is 2.81.